The van der Waals surface area contributed by atoms with E-state index < -0.39 is 11.3 Å². The Bertz CT molecular complexity index is 276. The number of likely N-dealkylation sites (tertiary alicyclic amines) is 1. The summed E-state index contributed by atoms with van der Waals surface area (Å²) in [6.45, 7) is 20.1. The molecule has 1 saturated heterocycles. The molecule has 1 aliphatic rings. The van der Waals surface area contributed by atoms with Crippen LogP contribution in [0.25, 0.3) is 0 Å². The molecule has 1 heterocycles. The number of alkyl halides is 2. The topological polar surface area (TPSA) is 3.24 Å². The average Bonchev–Trinajstić information content (AvgIpc) is 2.50. The van der Waals surface area contributed by atoms with Crippen molar-refractivity contribution in [3.05, 3.63) is 0 Å². The number of nitrogens with zero attached hydrogens (tertiary/aromatic N) is 1. The van der Waals surface area contributed by atoms with Gasteiger partial charge in [0.25, 0.3) is 5.92 Å². The van der Waals surface area contributed by atoms with Crippen LogP contribution in [-0.4, -0.2) is 30.5 Å². The minimum atomic E-state index is -2.53. The highest BCUT2D eigenvalue weighted by atomic mass is 19.3. The van der Waals surface area contributed by atoms with Crippen molar-refractivity contribution >= 4 is 0 Å². The smallest absolute Gasteiger partial charge is 0.266 e. The summed E-state index contributed by atoms with van der Waals surface area (Å²) in [5.74, 6) is -1.30. The molecule has 3 heteroatoms. The SMILES string of the molecule is CC.CC(C)C.CCC(C)CC1(CC)CCN(CC)CC1(F)F. The summed E-state index contributed by atoms with van der Waals surface area (Å²) in [6.07, 6.45) is 2.91. The van der Waals surface area contributed by atoms with Gasteiger partial charge in [-0.25, -0.2) is 8.78 Å². The zero-order valence-corrected chi connectivity index (χ0v) is 17.3. The van der Waals surface area contributed by atoms with Gasteiger partial charge in [-0.1, -0.05) is 68.7 Å². The lowest BCUT2D eigenvalue weighted by atomic mass is 9.67. The molecule has 0 aliphatic carbocycles. The van der Waals surface area contributed by atoms with Gasteiger partial charge in [0, 0.05) is 5.41 Å². The van der Waals surface area contributed by atoms with E-state index in [0.29, 0.717) is 25.2 Å². The summed E-state index contributed by atoms with van der Waals surface area (Å²) in [5.41, 5.74) is -0.756. The van der Waals surface area contributed by atoms with Gasteiger partial charge >= 0.3 is 0 Å². The molecule has 0 amide bonds. The number of halogens is 2. The maximum atomic E-state index is 14.4. The summed E-state index contributed by atoms with van der Waals surface area (Å²) in [4.78, 5) is 1.88. The Morgan fingerprint density at radius 3 is 1.78 bits per heavy atom. The maximum Gasteiger partial charge on any atom is 0.266 e. The Morgan fingerprint density at radius 2 is 1.48 bits per heavy atom. The van der Waals surface area contributed by atoms with Gasteiger partial charge in [-0.15, -0.1) is 0 Å². The quantitative estimate of drug-likeness (QED) is 0.530. The van der Waals surface area contributed by atoms with E-state index >= 15 is 0 Å². The molecular weight excluding hydrogens is 292 g/mol. The Balaban J connectivity index is 0. The van der Waals surface area contributed by atoms with E-state index in [9.17, 15) is 8.78 Å². The molecule has 1 fully saturated rings. The number of hydrogen-bond donors (Lipinski definition) is 0. The lowest BCUT2D eigenvalue weighted by molar-refractivity contribution is -0.178. The Hall–Kier alpha value is -0.180. The van der Waals surface area contributed by atoms with E-state index in [1.54, 1.807) is 0 Å². The van der Waals surface area contributed by atoms with Crippen LogP contribution in [0.5, 0.6) is 0 Å². The van der Waals surface area contributed by atoms with Crippen molar-refractivity contribution in [1.82, 2.24) is 4.90 Å². The van der Waals surface area contributed by atoms with E-state index in [1.165, 1.54) is 0 Å². The summed E-state index contributed by atoms with van der Waals surface area (Å²) < 4.78 is 28.8. The molecule has 0 N–H and O–H groups in total. The predicted molar refractivity (Wildman–Crippen MR) is 100 cm³/mol. The Kier molecular flexibility index (Phi) is 13.3. The third kappa shape index (κ3) is 8.47. The first-order chi connectivity index (χ1) is 10.6. The second-order valence-electron chi connectivity index (χ2n) is 7.41. The monoisotopic (exact) mass is 335 g/mol. The molecule has 0 aromatic rings. The second-order valence-corrected chi connectivity index (χ2v) is 7.41. The van der Waals surface area contributed by atoms with Gasteiger partial charge in [-0.2, -0.15) is 0 Å². The molecule has 2 unspecified atom stereocenters. The predicted octanol–water partition coefficient (Wildman–Crippen LogP) is 6.87. The molecule has 0 radical (unpaired) electrons. The van der Waals surface area contributed by atoms with Crippen molar-refractivity contribution in [1.29, 1.82) is 0 Å². The molecule has 0 saturated carbocycles. The second kappa shape index (κ2) is 12.2. The van der Waals surface area contributed by atoms with Crippen LogP contribution in [0.1, 0.15) is 88.0 Å². The highest BCUT2D eigenvalue weighted by Gasteiger charge is 2.55. The van der Waals surface area contributed by atoms with Crippen LogP contribution in [0, 0.1) is 17.3 Å². The third-order valence-electron chi connectivity index (χ3n) is 4.66. The summed E-state index contributed by atoms with van der Waals surface area (Å²) in [6, 6.07) is 0. The molecule has 1 aliphatic heterocycles. The van der Waals surface area contributed by atoms with Crippen molar-refractivity contribution in [2.24, 2.45) is 17.3 Å². The fraction of sp³-hybridized carbons (Fsp3) is 1.00. The van der Waals surface area contributed by atoms with E-state index in [2.05, 4.69) is 34.6 Å². The molecule has 0 bridgehead atoms. The summed E-state index contributed by atoms with van der Waals surface area (Å²) in [7, 11) is 0. The average molecular weight is 336 g/mol. The van der Waals surface area contributed by atoms with Crippen LogP contribution < -0.4 is 0 Å². The standard InChI is InChI=1S/C14H27F2N.C4H10.C2H6/c1-5-12(4)10-13(6-2)8-9-17(7-3)11-14(13,15)16;1-4(2)3;1-2/h12H,5-11H2,1-4H3;4H,1-3H3;1-2H3. The molecule has 2 atom stereocenters. The van der Waals surface area contributed by atoms with E-state index in [1.807, 2.05) is 32.6 Å². The van der Waals surface area contributed by atoms with Crippen molar-refractivity contribution in [2.75, 3.05) is 19.6 Å². The lowest BCUT2D eigenvalue weighted by Crippen LogP contribution is -2.55. The zero-order valence-electron chi connectivity index (χ0n) is 17.3. The van der Waals surface area contributed by atoms with Gasteiger partial charge < -0.3 is 0 Å². The van der Waals surface area contributed by atoms with Crippen molar-refractivity contribution in [2.45, 2.75) is 93.9 Å². The van der Waals surface area contributed by atoms with Gasteiger partial charge in [-0.05, 0) is 44.2 Å². The lowest BCUT2D eigenvalue weighted by Gasteiger charge is -2.48. The summed E-state index contributed by atoms with van der Waals surface area (Å²) in [5, 5.41) is 0. The van der Waals surface area contributed by atoms with Crippen molar-refractivity contribution < 1.29 is 8.78 Å². The van der Waals surface area contributed by atoms with Crippen LogP contribution in [0.3, 0.4) is 0 Å². The number of hydrogen-bond acceptors (Lipinski definition) is 1. The molecule has 0 aromatic heterocycles. The van der Waals surface area contributed by atoms with Crippen LogP contribution in [0.2, 0.25) is 0 Å². The first-order valence-corrected chi connectivity index (χ1v) is 9.74. The molecule has 142 valence electrons. The normalized spacial score (nSPS) is 25.0. The van der Waals surface area contributed by atoms with Gasteiger partial charge in [0.05, 0.1) is 6.54 Å². The first kappa shape index (κ1) is 25.1. The Labute approximate surface area is 145 Å². The third-order valence-corrected chi connectivity index (χ3v) is 4.66. The highest BCUT2D eigenvalue weighted by molar-refractivity contribution is 4.98. The number of piperidine rings is 1. The highest BCUT2D eigenvalue weighted by Crippen LogP contribution is 2.50. The van der Waals surface area contributed by atoms with Gasteiger partial charge in [0.2, 0.25) is 0 Å². The van der Waals surface area contributed by atoms with Crippen LogP contribution >= 0.6 is 0 Å². The maximum absolute atomic E-state index is 14.4. The largest absolute Gasteiger partial charge is 0.298 e. The van der Waals surface area contributed by atoms with Crippen LogP contribution in [0.15, 0.2) is 0 Å². The first-order valence-electron chi connectivity index (χ1n) is 9.74. The Morgan fingerprint density at radius 1 is 1.00 bits per heavy atom. The van der Waals surface area contributed by atoms with Crippen molar-refractivity contribution in [3.63, 3.8) is 0 Å². The summed E-state index contributed by atoms with van der Waals surface area (Å²) >= 11 is 0. The van der Waals surface area contributed by atoms with Crippen molar-refractivity contribution in [3.8, 4) is 0 Å². The van der Waals surface area contributed by atoms with E-state index in [4.69, 9.17) is 0 Å². The minimum absolute atomic E-state index is 0.0478. The molecular formula is C20H43F2N. The van der Waals surface area contributed by atoms with Crippen LogP contribution in [0.4, 0.5) is 8.78 Å². The van der Waals surface area contributed by atoms with Gasteiger partial charge in [0.1, 0.15) is 0 Å². The molecule has 0 aromatic carbocycles. The zero-order chi connectivity index (χ0) is 18.7. The fourth-order valence-electron chi connectivity index (χ4n) is 3.00. The molecule has 1 rings (SSSR count). The fourth-order valence-corrected chi connectivity index (χ4v) is 3.00. The molecule has 1 nitrogen and oxygen atoms in total. The van der Waals surface area contributed by atoms with Crippen LogP contribution in [-0.2, 0) is 0 Å². The van der Waals surface area contributed by atoms with Gasteiger partial charge in [0.15, 0.2) is 0 Å². The molecule has 23 heavy (non-hydrogen) atoms. The van der Waals surface area contributed by atoms with Gasteiger partial charge in [-0.3, -0.25) is 4.90 Å². The van der Waals surface area contributed by atoms with E-state index in [0.717, 1.165) is 25.4 Å². The number of rotatable bonds is 5. The van der Waals surface area contributed by atoms with E-state index in [-0.39, 0.29) is 6.54 Å². The molecule has 0 spiro atoms. The minimum Gasteiger partial charge on any atom is -0.298 e.